The van der Waals surface area contributed by atoms with Crippen LogP contribution in [0.15, 0.2) is 109 Å². The van der Waals surface area contributed by atoms with E-state index in [-0.39, 0.29) is 35.8 Å². The Morgan fingerprint density at radius 1 is 0.274 bits per heavy atom. The van der Waals surface area contributed by atoms with Crippen LogP contribution in [0.3, 0.4) is 0 Å². The molecule has 84 heavy (non-hydrogen) atoms. The Morgan fingerprint density at radius 2 is 0.548 bits per heavy atom. The van der Waals surface area contributed by atoms with E-state index in [4.69, 9.17) is 37.9 Å². The molecule has 5 aromatic carbocycles. The molecule has 0 bridgehead atoms. The van der Waals surface area contributed by atoms with E-state index in [1.54, 1.807) is 24.3 Å². The average Bonchev–Trinajstić information content (AvgIpc) is 3.55. The molecule has 0 aliphatic rings. The molecule has 0 unspecified atom stereocenters. The van der Waals surface area contributed by atoms with Crippen molar-refractivity contribution in [3.05, 3.63) is 143 Å². The zero-order valence-corrected chi connectivity index (χ0v) is 51.3. The summed E-state index contributed by atoms with van der Waals surface area (Å²) in [5.74, 6) is 1.35. The molecule has 0 aromatic heterocycles. The molecule has 0 N–H and O–H groups in total. The third-order valence-electron chi connectivity index (χ3n) is 14.7. The number of carbonyl (C=O) groups excluding carboxylic acids is 4. The quantitative estimate of drug-likeness (QED) is 0.0208. The van der Waals surface area contributed by atoms with E-state index in [2.05, 4.69) is 52.0 Å². The van der Waals surface area contributed by atoms with Gasteiger partial charge in [-0.05, 0) is 160 Å². The molecule has 5 rings (SSSR count). The van der Waals surface area contributed by atoms with Crippen molar-refractivity contribution in [1.82, 2.24) is 0 Å². The summed E-state index contributed by atoms with van der Waals surface area (Å²) in [4.78, 5) is 52.0. The maximum Gasteiger partial charge on any atom is 0.343 e. The molecule has 0 aliphatic carbocycles. The summed E-state index contributed by atoms with van der Waals surface area (Å²) in [6.45, 7) is 12.0. The Labute approximate surface area is 503 Å². The third-order valence-corrected chi connectivity index (χ3v) is 14.7. The number of aryl methyl sites for hydroxylation is 2. The minimum Gasteiger partial charge on any atom is -0.490 e. The van der Waals surface area contributed by atoms with Crippen LogP contribution in [0.5, 0.6) is 34.5 Å². The highest BCUT2D eigenvalue weighted by Crippen LogP contribution is 2.32. The normalized spacial score (nSPS) is 11.0. The van der Waals surface area contributed by atoms with Crippen molar-refractivity contribution in [3.63, 3.8) is 0 Å². The van der Waals surface area contributed by atoms with Crippen molar-refractivity contribution in [2.45, 2.75) is 207 Å². The van der Waals surface area contributed by atoms with Crippen molar-refractivity contribution in [2.24, 2.45) is 0 Å². The summed E-state index contributed by atoms with van der Waals surface area (Å²) in [5.41, 5.74) is 3.26. The standard InChI is InChI=1S/C72H98O12/c1-5-9-13-17-21-25-49-77-65-47-33-57(55-67(65)79-51-27-23-19-15-11-7-3)31-29-53-81-69(73)59-39-43-63(44-40-59)83-71(75)61-35-37-62(38-36-61)72(76)84-64-45-41-60(42-46-64)70(74)82-54-30-32-58-34-48-66(78-50-26-22-18-14-10-6-2)68(56-58)80-52-28-24-20-16-12-8-4/h33-48,55-56H,5-32,49-54H2,1-4H3. The topological polar surface area (TPSA) is 142 Å². The predicted octanol–water partition coefficient (Wildman–Crippen LogP) is 18.7. The first kappa shape index (κ1) is 68.0. The highest BCUT2D eigenvalue weighted by Gasteiger charge is 2.16. The van der Waals surface area contributed by atoms with Gasteiger partial charge >= 0.3 is 23.9 Å². The maximum atomic E-state index is 13.0. The average molecular weight is 1160 g/mol. The molecule has 0 spiro atoms. The van der Waals surface area contributed by atoms with Crippen LogP contribution in [0, 0.1) is 0 Å². The number of hydrogen-bond donors (Lipinski definition) is 0. The highest BCUT2D eigenvalue weighted by molar-refractivity contribution is 5.95. The van der Waals surface area contributed by atoms with Crippen LogP contribution < -0.4 is 28.4 Å². The van der Waals surface area contributed by atoms with Gasteiger partial charge in [-0.2, -0.15) is 0 Å². The fourth-order valence-corrected chi connectivity index (χ4v) is 9.58. The summed E-state index contributed by atoms with van der Waals surface area (Å²) in [5, 5.41) is 0. The largest absolute Gasteiger partial charge is 0.490 e. The second-order valence-corrected chi connectivity index (χ2v) is 21.9. The fourth-order valence-electron chi connectivity index (χ4n) is 9.58. The van der Waals surface area contributed by atoms with Gasteiger partial charge in [0.2, 0.25) is 0 Å². The van der Waals surface area contributed by atoms with Gasteiger partial charge in [-0.15, -0.1) is 0 Å². The van der Waals surface area contributed by atoms with Crippen LogP contribution >= 0.6 is 0 Å². The monoisotopic (exact) mass is 1150 g/mol. The smallest absolute Gasteiger partial charge is 0.343 e. The predicted molar refractivity (Wildman–Crippen MR) is 335 cm³/mol. The molecule has 0 atom stereocenters. The second kappa shape index (κ2) is 42.1. The summed E-state index contributed by atoms with van der Waals surface area (Å²) in [6.07, 6.45) is 31.4. The van der Waals surface area contributed by atoms with E-state index in [0.717, 1.165) is 85.5 Å². The molecule has 0 amide bonds. The Kier molecular flexibility index (Phi) is 34.0. The van der Waals surface area contributed by atoms with Crippen LogP contribution in [-0.2, 0) is 22.3 Å². The first-order valence-corrected chi connectivity index (χ1v) is 32.1. The molecule has 0 saturated heterocycles. The number of rotatable bonds is 46. The summed E-state index contributed by atoms with van der Waals surface area (Å²) < 4.78 is 47.2. The van der Waals surface area contributed by atoms with Gasteiger partial charge in [0.05, 0.1) is 61.9 Å². The van der Waals surface area contributed by atoms with E-state index < -0.39 is 23.9 Å². The van der Waals surface area contributed by atoms with Gasteiger partial charge in [-0.3, -0.25) is 0 Å². The van der Waals surface area contributed by atoms with Gasteiger partial charge in [0.1, 0.15) is 11.5 Å². The lowest BCUT2D eigenvalue weighted by Gasteiger charge is -2.15. The molecule has 12 heteroatoms. The molecule has 0 heterocycles. The third kappa shape index (κ3) is 27.3. The van der Waals surface area contributed by atoms with Gasteiger partial charge in [0.25, 0.3) is 0 Å². The maximum absolute atomic E-state index is 13.0. The van der Waals surface area contributed by atoms with Crippen molar-refractivity contribution >= 4 is 23.9 Å². The van der Waals surface area contributed by atoms with Crippen LogP contribution in [0.1, 0.15) is 247 Å². The van der Waals surface area contributed by atoms with Crippen LogP contribution in [0.4, 0.5) is 0 Å². The van der Waals surface area contributed by atoms with Crippen molar-refractivity contribution in [3.8, 4) is 34.5 Å². The number of esters is 4. The number of hydrogen-bond acceptors (Lipinski definition) is 12. The van der Waals surface area contributed by atoms with Gasteiger partial charge in [-0.1, -0.05) is 168 Å². The van der Waals surface area contributed by atoms with Crippen molar-refractivity contribution < 1.29 is 57.1 Å². The zero-order chi connectivity index (χ0) is 59.7. The minimum atomic E-state index is -0.642. The van der Waals surface area contributed by atoms with E-state index in [0.29, 0.717) is 63.2 Å². The lowest BCUT2D eigenvalue weighted by atomic mass is 10.1. The summed E-state index contributed by atoms with van der Waals surface area (Å²) >= 11 is 0. The van der Waals surface area contributed by atoms with Crippen LogP contribution in [0.2, 0.25) is 0 Å². The van der Waals surface area contributed by atoms with Crippen LogP contribution in [-0.4, -0.2) is 63.5 Å². The number of benzene rings is 5. The SMILES string of the molecule is CCCCCCCCOc1ccc(CCCOC(=O)c2ccc(OC(=O)c3ccc(C(=O)Oc4ccc(C(=O)OCCCc5ccc(OCCCCCCCC)c(OCCCCCCCC)c5)cc4)cc3)cc2)cc1OCCCCCCCC. The van der Waals surface area contributed by atoms with Crippen molar-refractivity contribution in [2.75, 3.05) is 39.6 Å². The first-order chi connectivity index (χ1) is 41.2. The zero-order valence-electron chi connectivity index (χ0n) is 51.3. The van der Waals surface area contributed by atoms with Gasteiger partial charge in [0, 0.05) is 0 Å². The number of unbranched alkanes of at least 4 members (excludes halogenated alkanes) is 20. The molecule has 0 radical (unpaired) electrons. The molecule has 5 aromatic rings. The highest BCUT2D eigenvalue weighted by atomic mass is 16.6. The Hall–Kier alpha value is -6.82. The van der Waals surface area contributed by atoms with E-state index in [9.17, 15) is 19.2 Å². The fraction of sp³-hybridized carbons (Fsp3) is 0.528. The number of ether oxygens (including phenoxy) is 8. The first-order valence-electron chi connectivity index (χ1n) is 32.1. The van der Waals surface area contributed by atoms with E-state index in [1.807, 2.05) is 12.1 Å². The molecule has 0 fully saturated rings. The van der Waals surface area contributed by atoms with E-state index in [1.165, 1.54) is 151 Å². The molecule has 458 valence electrons. The van der Waals surface area contributed by atoms with Gasteiger partial charge in [-0.25, -0.2) is 19.2 Å². The molecule has 12 nitrogen and oxygen atoms in total. The second-order valence-electron chi connectivity index (χ2n) is 21.9. The number of carbonyl (C=O) groups is 4. The minimum absolute atomic E-state index is 0.212. The Balaban J connectivity index is 1.00. The van der Waals surface area contributed by atoms with Crippen LogP contribution in [0.25, 0.3) is 0 Å². The van der Waals surface area contributed by atoms with Gasteiger partial charge in [0.15, 0.2) is 23.0 Å². The summed E-state index contributed by atoms with van der Waals surface area (Å²) in [7, 11) is 0. The Morgan fingerprint density at radius 3 is 0.869 bits per heavy atom. The molecular weight excluding hydrogens is 1060 g/mol. The molecule has 0 saturated carbocycles. The lowest BCUT2D eigenvalue weighted by Crippen LogP contribution is -2.12. The molecule has 0 aliphatic heterocycles. The van der Waals surface area contributed by atoms with Gasteiger partial charge < -0.3 is 37.9 Å². The van der Waals surface area contributed by atoms with Crippen molar-refractivity contribution in [1.29, 1.82) is 0 Å². The summed E-state index contributed by atoms with van der Waals surface area (Å²) in [6, 6.07) is 30.4. The molecular formula is C72H98O12. The van der Waals surface area contributed by atoms with E-state index >= 15 is 0 Å². The Bertz CT molecular complexity index is 2430. The lowest BCUT2D eigenvalue weighted by molar-refractivity contribution is 0.0491.